The minimum atomic E-state index is -4.95. The summed E-state index contributed by atoms with van der Waals surface area (Å²) in [4.78, 5) is 13.0. The van der Waals surface area contributed by atoms with Gasteiger partial charge < -0.3 is 10.1 Å². The molecule has 1 saturated carbocycles. The summed E-state index contributed by atoms with van der Waals surface area (Å²) < 4.78 is 99.0. The maximum Gasteiger partial charge on any atom is 0.435 e. The van der Waals surface area contributed by atoms with Crippen LogP contribution in [0.3, 0.4) is 0 Å². The van der Waals surface area contributed by atoms with Crippen molar-refractivity contribution >= 4 is 21.4 Å². The van der Waals surface area contributed by atoms with Crippen molar-refractivity contribution in [1.29, 1.82) is 0 Å². The van der Waals surface area contributed by atoms with Crippen molar-refractivity contribution in [3.63, 3.8) is 0 Å². The second kappa shape index (κ2) is 9.05. The molecule has 2 aromatic carbocycles. The van der Waals surface area contributed by atoms with Crippen LogP contribution in [0, 0.1) is 19.7 Å². The SMILES string of the molecule is Cc1c(Oc2nnc(C(F)(F)F)c(C)c2C(=O)Nc2cccc(S(C)(=O)=O)c2)ccc(C2(F)CC2)c1F. The van der Waals surface area contributed by atoms with E-state index in [-0.39, 0.29) is 40.3 Å². The van der Waals surface area contributed by atoms with Gasteiger partial charge in [-0.3, -0.25) is 4.79 Å². The fourth-order valence-electron chi connectivity index (χ4n) is 3.71. The van der Waals surface area contributed by atoms with Crippen LogP contribution in [-0.4, -0.2) is 30.8 Å². The molecule has 0 bridgehead atoms. The summed E-state index contributed by atoms with van der Waals surface area (Å²) in [5.74, 6) is -2.84. The van der Waals surface area contributed by atoms with Crippen LogP contribution in [0.4, 0.5) is 27.6 Å². The summed E-state index contributed by atoms with van der Waals surface area (Å²) >= 11 is 0. The lowest BCUT2D eigenvalue weighted by Gasteiger charge is -2.18. The summed E-state index contributed by atoms with van der Waals surface area (Å²) in [7, 11) is -3.64. The molecule has 4 rings (SSSR count). The third kappa shape index (κ3) is 5.26. The number of amides is 1. The van der Waals surface area contributed by atoms with E-state index in [4.69, 9.17) is 4.74 Å². The molecule has 7 nitrogen and oxygen atoms in total. The molecule has 37 heavy (non-hydrogen) atoms. The molecular formula is C24H20F5N3O4S. The molecule has 0 aliphatic heterocycles. The predicted octanol–water partition coefficient (Wildman–Crippen LogP) is 5.66. The lowest BCUT2D eigenvalue weighted by Crippen LogP contribution is -2.21. The van der Waals surface area contributed by atoms with Gasteiger partial charge in [-0.25, -0.2) is 17.2 Å². The summed E-state index contributed by atoms with van der Waals surface area (Å²) in [5, 5.41) is 8.92. The number of carbonyl (C=O) groups excluding carboxylic acids is 1. The Kier molecular flexibility index (Phi) is 6.47. The van der Waals surface area contributed by atoms with Crippen LogP contribution in [0.1, 0.15) is 45.6 Å². The number of nitrogens with zero attached hydrogens (tertiary/aromatic N) is 2. The van der Waals surface area contributed by atoms with Gasteiger partial charge in [0, 0.05) is 23.1 Å². The van der Waals surface area contributed by atoms with Crippen LogP contribution in [0.2, 0.25) is 0 Å². The van der Waals surface area contributed by atoms with Crippen LogP contribution in [0.5, 0.6) is 11.6 Å². The smallest absolute Gasteiger partial charge is 0.435 e. The molecular weight excluding hydrogens is 521 g/mol. The van der Waals surface area contributed by atoms with E-state index in [0.29, 0.717) is 0 Å². The second-order valence-corrected chi connectivity index (χ2v) is 10.7. The number of alkyl halides is 4. The number of ether oxygens (including phenoxy) is 1. The topological polar surface area (TPSA) is 98.2 Å². The van der Waals surface area contributed by atoms with Gasteiger partial charge in [0.05, 0.1) is 4.90 Å². The highest BCUT2D eigenvalue weighted by molar-refractivity contribution is 7.90. The molecule has 0 radical (unpaired) electrons. The van der Waals surface area contributed by atoms with E-state index in [9.17, 15) is 35.2 Å². The average molecular weight is 541 g/mol. The lowest BCUT2D eigenvalue weighted by atomic mass is 10.0. The molecule has 3 aromatic rings. The van der Waals surface area contributed by atoms with E-state index >= 15 is 0 Å². The maximum absolute atomic E-state index is 14.8. The molecule has 0 atom stereocenters. The number of sulfone groups is 1. The zero-order valence-corrected chi connectivity index (χ0v) is 20.5. The molecule has 1 heterocycles. The van der Waals surface area contributed by atoms with E-state index in [2.05, 4.69) is 15.5 Å². The highest BCUT2D eigenvalue weighted by Crippen LogP contribution is 2.51. The first-order chi connectivity index (χ1) is 17.1. The van der Waals surface area contributed by atoms with Crippen LogP contribution in [0.25, 0.3) is 0 Å². The zero-order chi connectivity index (χ0) is 27.3. The number of halogens is 5. The number of benzene rings is 2. The minimum Gasteiger partial charge on any atom is -0.437 e. The Bertz CT molecular complexity index is 1520. The summed E-state index contributed by atoms with van der Waals surface area (Å²) in [6.07, 6.45) is -3.67. The molecule has 1 amide bonds. The molecule has 1 aliphatic carbocycles. The van der Waals surface area contributed by atoms with E-state index in [1.165, 1.54) is 37.3 Å². The monoisotopic (exact) mass is 541 g/mol. The van der Waals surface area contributed by atoms with Crippen molar-refractivity contribution in [3.05, 3.63) is 70.2 Å². The van der Waals surface area contributed by atoms with Gasteiger partial charge >= 0.3 is 6.18 Å². The standard InChI is InChI=1S/C24H20F5N3O4S/c1-12-17(8-7-16(19(12)25)23(26)9-10-23)36-22-18(13(2)20(31-32-22)24(27,28)29)21(33)30-14-5-4-6-15(11-14)37(3,34)35/h4-8,11H,9-10H2,1-3H3,(H,30,33). The Morgan fingerprint density at radius 3 is 2.35 bits per heavy atom. The molecule has 1 aromatic heterocycles. The molecule has 13 heteroatoms. The summed E-state index contributed by atoms with van der Waals surface area (Å²) in [6.45, 7) is 2.28. The number of hydrogen-bond acceptors (Lipinski definition) is 6. The van der Waals surface area contributed by atoms with Gasteiger partial charge in [-0.2, -0.15) is 13.2 Å². The van der Waals surface area contributed by atoms with E-state index in [0.717, 1.165) is 19.2 Å². The predicted molar refractivity (Wildman–Crippen MR) is 123 cm³/mol. The highest BCUT2D eigenvalue weighted by Gasteiger charge is 2.47. The van der Waals surface area contributed by atoms with Crippen molar-refractivity contribution in [1.82, 2.24) is 10.2 Å². The van der Waals surface area contributed by atoms with Crippen LogP contribution < -0.4 is 10.1 Å². The Balaban J connectivity index is 1.76. The number of carbonyl (C=O) groups is 1. The largest absolute Gasteiger partial charge is 0.437 e. The second-order valence-electron chi connectivity index (χ2n) is 8.72. The van der Waals surface area contributed by atoms with Crippen LogP contribution >= 0.6 is 0 Å². The summed E-state index contributed by atoms with van der Waals surface area (Å²) in [6, 6.07) is 7.50. The van der Waals surface area contributed by atoms with E-state index in [1.54, 1.807) is 0 Å². The lowest BCUT2D eigenvalue weighted by molar-refractivity contribution is -0.142. The van der Waals surface area contributed by atoms with E-state index in [1.807, 2.05) is 0 Å². The Labute approximate surface area is 208 Å². The highest BCUT2D eigenvalue weighted by atomic mass is 32.2. The van der Waals surface area contributed by atoms with Crippen molar-refractivity contribution in [2.45, 2.75) is 43.4 Å². The van der Waals surface area contributed by atoms with Crippen molar-refractivity contribution in [2.75, 3.05) is 11.6 Å². The third-order valence-corrected chi connectivity index (χ3v) is 7.03. The van der Waals surface area contributed by atoms with Gasteiger partial charge in [0.1, 0.15) is 22.8 Å². The van der Waals surface area contributed by atoms with Crippen LogP contribution in [-0.2, 0) is 21.7 Å². The zero-order valence-electron chi connectivity index (χ0n) is 19.7. The van der Waals surface area contributed by atoms with Crippen molar-refractivity contribution < 1.29 is 39.9 Å². The fourth-order valence-corrected chi connectivity index (χ4v) is 4.38. The van der Waals surface area contributed by atoms with Gasteiger partial charge in [-0.05, 0) is 62.6 Å². The number of rotatable bonds is 6. The maximum atomic E-state index is 14.8. The van der Waals surface area contributed by atoms with Gasteiger partial charge in [0.15, 0.2) is 15.5 Å². The number of nitrogens with one attached hydrogen (secondary N) is 1. The normalized spacial score (nSPS) is 14.8. The first-order valence-electron chi connectivity index (χ1n) is 10.8. The first-order valence-corrected chi connectivity index (χ1v) is 12.7. The molecule has 0 spiro atoms. The van der Waals surface area contributed by atoms with Gasteiger partial charge in [-0.1, -0.05) is 6.07 Å². The number of anilines is 1. The molecule has 1 fully saturated rings. The molecule has 1 N–H and O–H groups in total. The average Bonchev–Trinajstić information content (AvgIpc) is 3.53. The first kappa shape index (κ1) is 26.5. The van der Waals surface area contributed by atoms with Crippen molar-refractivity contribution in [2.24, 2.45) is 0 Å². The quantitative estimate of drug-likeness (QED) is 0.405. The van der Waals surface area contributed by atoms with Gasteiger partial charge in [0.25, 0.3) is 11.8 Å². The Morgan fingerprint density at radius 2 is 1.76 bits per heavy atom. The van der Waals surface area contributed by atoms with Gasteiger partial charge in [-0.15, -0.1) is 10.2 Å². The number of hydrogen-bond donors (Lipinski definition) is 1. The van der Waals surface area contributed by atoms with Crippen molar-refractivity contribution in [3.8, 4) is 11.6 Å². The third-order valence-electron chi connectivity index (χ3n) is 5.92. The Morgan fingerprint density at radius 1 is 1.08 bits per heavy atom. The molecule has 0 saturated heterocycles. The van der Waals surface area contributed by atoms with Crippen LogP contribution in [0.15, 0.2) is 41.3 Å². The summed E-state index contributed by atoms with van der Waals surface area (Å²) in [5.41, 5.74) is -4.80. The number of aromatic nitrogens is 2. The molecule has 0 unspecified atom stereocenters. The Hall–Kier alpha value is -3.61. The minimum absolute atomic E-state index is 0.0205. The molecule has 1 aliphatic rings. The van der Waals surface area contributed by atoms with E-state index < -0.39 is 56.1 Å². The van der Waals surface area contributed by atoms with Gasteiger partial charge in [0.2, 0.25) is 0 Å². The molecule has 196 valence electrons. The fraction of sp³-hybridized carbons (Fsp3) is 0.292.